The first kappa shape index (κ1) is 8.47. The van der Waals surface area contributed by atoms with Crippen molar-refractivity contribution in [1.82, 2.24) is 0 Å². The van der Waals surface area contributed by atoms with Gasteiger partial charge >= 0.3 is 0 Å². The molecule has 0 radical (unpaired) electrons. The van der Waals surface area contributed by atoms with Crippen LogP contribution in [-0.2, 0) is 4.79 Å². The minimum absolute atomic E-state index is 0.240. The van der Waals surface area contributed by atoms with Crippen LogP contribution in [0, 0.1) is 0 Å². The normalized spacial score (nSPS) is 22.6. The first-order chi connectivity index (χ1) is 5.01. The van der Waals surface area contributed by atoms with Gasteiger partial charge in [0.15, 0.2) is 5.78 Å². The van der Waals surface area contributed by atoms with E-state index in [1.165, 1.54) is 0 Å². The summed E-state index contributed by atoms with van der Waals surface area (Å²) in [6.45, 7) is 3.73. The Balaban J connectivity index is 2.65. The highest BCUT2D eigenvalue weighted by atomic mass is 16.1. The summed E-state index contributed by atoms with van der Waals surface area (Å²) >= 11 is 0. The van der Waals surface area contributed by atoms with Crippen molar-refractivity contribution in [2.45, 2.75) is 13.3 Å². The van der Waals surface area contributed by atoms with Crippen LogP contribution in [0.25, 0.3) is 0 Å². The van der Waals surface area contributed by atoms with Crippen LogP contribution in [0.1, 0.15) is 13.3 Å². The lowest BCUT2D eigenvalue weighted by molar-refractivity contribution is -0.885. The van der Waals surface area contributed by atoms with Crippen molar-refractivity contribution in [2.75, 3.05) is 27.2 Å². The second-order valence-electron chi connectivity index (χ2n) is 3.88. The topological polar surface area (TPSA) is 17.1 Å². The third-order valence-corrected chi connectivity index (χ3v) is 2.27. The second-order valence-corrected chi connectivity index (χ2v) is 3.88. The minimum atomic E-state index is 0.240. The summed E-state index contributed by atoms with van der Waals surface area (Å²) in [4.78, 5) is 10.9. The number of carbonyl (C=O) groups is 1. The summed E-state index contributed by atoms with van der Waals surface area (Å²) in [7, 11) is 4.38. The molecule has 0 saturated carbocycles. The van der Waals surface area contributed by atoms with Crippen molar-refractivity contribution >= 4 is 5.78 Å². The standard InChI is InChI=1S/C9H16NO/c1-8(11)9-4-6-10(2,3)7-5-9/h4H,5-7H2,1-3H3/q+1. The third-order valence-electron chi connectivity index (χ3n) is 2.27. The molecular weight excluding hydrogens is 138 g/mol. The SMILES string of the molecule is CC(=O)C1=CC[N+](C)(C)CC1. The van der Waals surface area contributed by atoms with Gasteiger partial charge in [0.05, 0.1) is 27.2 Å². The predicted octanol–water partition coefficient (Wildman–Crippen LogP) is 0.982. The number of hydrogen-bond donors (Lipinski definition) is 0. The van der Waals surface area contributed by atoms with Crippen LogP contribution in [0.2, 0.25) is 0 Å². The molecule has 62 valence electrons. The summed E-state index contributed by atoms with van der Waals surface area (Å²) in [6.07, 6.45) is 3.02. The molecule has 0 aromatic rings. The number of hydrogen-bond acceptors (Lipinski definition) is 1. The highest BCUT2D eigenvalue weighted by Crippen LogP contribution is 2.14. The van der Waals surface area contributed by atoms with E-state index in [9.17, 15) is 4.79 Å². The number of likely N-dealkylation sites (N-methyl/N-ethyl adjacent to an activating group) is 1. The molecule has 0 fully saturated rings. The first-order valence-corrected chi connectivity index (χ1v) is 4.03. The van der Waals surface area contributed by atoms with Crippen molar-refractivity contribution in [3.8, 4) is 0 Å². The second kappa shape index (κ2) is 2.78. The zero-order valence-corrected chi connectivity index (χ0v) is 7.55. The third kappa shape index (κ3) is 2.15. The summed E-state index contributed by atoms with van der Waals surface area (Å²) in [6, 6.07) is 0. The van der Waals surface area contributed by atoms with Crippen LogP contribution in [0.4, 0.5) is 0 Å². The summed E-state index contributed by atoms with van der Waals surface area (Å²) in [5.41, 5.74) is 1.02. The molecule has 1 heterocycles. The van der Waals surface area contributed by atoms with E-state index < -0.39 is 0 Å². The molecule has 0 unspecified atom stereocenters. The summed E-state index contributed by atoms with van der Waals surface area (Å²) in [5, 5.41) is 0. The highest BCUT2D eigenvalue weighted by molar-refractivity contribution is 5.93. The van der Waals surface area contributed by atoms with Gasteiger partial charge in [-0.15, -0.1) is 0 Å². The maximum atomic E-state index is 10.9. The van der Waals surface area contributed by atoms with Gasteiger partial charge in [-0.2, -0.15) is 0 Å². The summed E-state index contributed by atoms with van der Waals surface area (Å²) < 4.78 is 1.01. The van der Waals surface area contributed by atoms with E-state index in [0.29, 0.717) is 0 Å². The molecule has 2 nitrogen and oxygen atoms in total. The fourth-order valence-corrected chi connectivity index (χ4v) is 1.29. The molecule has 0 saturated heterocycles. The molecule has 11 heavy (non-hydrogen) atoms. The van der Waals surface area contributed by atoms with Crippen LogP contribution in [0.3, 0.4) is 0 Å². The quantitative estimate of drug-likeness (QED) is 0.515. The fourth-order valence-electron chi connectivity index (χ4n) is 1.29. The van der Waals surface area contributed by atoms with Crippen LogP contribution in [0.15, 0.2) is 11.6 Å². The van der Waals surface area contributed by atoms with Crippen molar-refractivity contribution in [3.63, 3.8) is 0 Å². The maximum absolute atomic E-state index is 10.9. The van der Waals surface area contributed by atoms with Gasteiger partial charge in [-0.25, -0.2) is 0 Å². The molecule has 0 aliphatic carbocycles. The van der Waals surface area contributed by atoms with Crippen molar-refractivity contribution in [3.05, 3.63) is 11.6 Å². The largest absolute Gasteiger partial charge is 0.325 e. The highest BCUT2D eigenvalue weighted by Gasteiger charge is 2.20. The van der Waals surface area contributed by atoms with Crippen molar-refractivity contribution < 1.29 is 9.28 Å². The molecule has 0 aromatic heterocycles. The van der Waals surface area contributed by atoms with Crippen LogP contribution in [-0.4, -0.2) is 37.5 Å². The van der Waals surface area contributed by atoms with E-state index >= 15 is 0 Å². The predicted molar refractivity (Wildman–Crippen MR) is 45.2 cm³/mol. The maximum Gasteiger partial charge on any atom is 0.155 e. The van der Waals surface area contributed by atoms with Crippen LogP contribution < -0.4 is 0 Å². The van der Waals surface area contributed by atoms with Gasteiger partial charge in [0.1, 0.15) is 0 Å². The number of quaternary nitrogens is 1. The Morgan fingerprint density at radius 2 is 2.18 bits per heavy atom. The molecule has 1 aliphatic rings. The lowest BCUT2D eigenvalue weighted by atomic mass is 10.0. The van der Waals surface area contributed by atoms with Crippen molar-refractivity contribution in [2.24, 2.45) is 0 Å². The molecule has 0 N–H and O–H groups in total. The van der Waals surface area contributed by atoms with Gasteiger partial charge in [-0.05, 0) is 13.0 Å². The lowest BCUT2D eigenvalue weighted by Gasteiger charge is -2.32. The van der Waals surface area contributed by atoms with E-state index in [1.54, 1.807) is 6.92 Å². The van der Waals surface area contributed by atoms with Gasteiger partial charge in [-0.1, -0.05) is 0 Å². The molecule has 0 bridgehead atoms. The van der Waals surface area contributed by atoms with E-state index in [0.717, 1.165) is 29.6 Å². The molecular formula is C9H16NO+. The summed E-state index contributed by atoms with van der Waals surface area (Å²) in [5.74, 6) is 0.240. The first-order valence-electron chi connectivity index (χ1n) is 4.03. The average Bonchev–Trinajstić information content (AvgIpc) is 1.86. The Morgan fingerprint density at radius 1 is 1.55 bits per heavy atom. The number of carbonyl (C=O) groups excluding carboxylic acids is 1. The smallest absolute Gasteiger partial charge is 0.155 e. The number of ketones is 1. The van der Waals surface area contributed by atoms with E-state index in [-0.39, 0.29) is 5.78 Å². The molecule has 1 aliphatic heterocycles. The van der Waals surface area contributed by atoms with Gasteiger partial charge < -0.3 is 4.48 Å². The number of nitrogens with zero attached hydrogens (tertiary/aromatic N) is 1. The Hall–Kier alpha value is -0.630. The van der Waals surface area contributed by atoms with Gasteiger partial charge in [-0.3, -0.25) is 4.79 Å². The van der Waals surface area contributed by atoms with Gasteiger partial charge in [0, 0.05) is 12.0 Å². The van der Waals surface area contributed by atoms with Crippen molar-refractivity contribution in [1.29, 1.82) is 0 Å². The number of Topliss-reactive ketones (excluding diaryl/α,β-unsaturated/α-hetero) is 1. The Bertz CT molecular complexity index is 204. The average molecular weight is 154 g/mol. The van der Waals surface area contributed by atoms with Crippen LogP contribution in [0.5, 0.6) is 0 Å². The molecule has 0 amide bonds. The fraction of sp³-hybridized carbons (Fsp3) is 0.667. The van der Waals surface area contributed by atoms with Gasteiger partial charge in [0.25, 0.3) is 0 Å². The molecule has 1 rings (SSSR count). The molecule has 2 heteroatoms. The van der Waals surface area contributed by atoms with E-state index in [4.69, 9.17) is 0 Å². The lowest BCUT2D eigenvalue weighted by Crippen LogP contribution is -2.43. The molecule has 0 aromatic carbocycles. The number of rotatable bonds is 1. The Kier molecular flexibility index (Phi) is 2.14. The van der Waals surface area contributed by atoms with Gasteiger partial charge in [0.2, 0.25) is 0 Å². The van der Waals surface area contributed by atoms with E-state index in [1.807, 2.05) is 0 Å². The molecule has 0 atom stereocenters. The molecule has 0 spiro atoms. The monoisotopic (exact) mass is 154 g/mol. The van der Waals surface area contributed by atoms with Crippen LogP contribution >= 0.6 is 0 Å². The Labute approximate surface area is 68.1 Å². The zero-order chi connectivity index (χ0) is 8.48. The minimum Gasteiger partial charge on any atom is -0.325 e. The Morgan fingerprint density at radius 3 is 2.55 bits per heavy atom. The zero-order valence-electron chi connectivity index (χ0n) is 7.55. The van der Waals surface area contributed by atoms with E-state index in [2.05, 4.69) is 20.2 Å².